The highest BCUT2D eigenvalue weighted by molar-refractivity contribution is 6.46. The summed E-state index contributed by atoms with van der Waals surface area (Å²) in [5, 5.41) is 15.8. The lowest BCUT2D eigenvalue weighted by Gasteiger charge is -2.35. The molecule has 3 amide bonds. The first-order valence-electron chi connectivity index (χ1n) is 12.1. The predicted molar refractivity (Wildman–Crippen MR) is 124 cm³/mol. The zero-order valence-corrected chi connectivity index (χ0v) is 20.0. The fraction of sp³-hybridized carbons (Fsp3) is 0.783. The van der Waals surface area contributed by atoms with Crippen LogP contribution < -0.4 is 10.6 Å². The van der Waals surface area contributed by atoms with E-state index in [2.05, 4.69) is 17.2 Å². The van der Waals surface area contributed by atoms with Crippen LogP contribution in [0.25, 0.3) is 0 Å². The van der Waals surface area contributed by atoms with E-state index in [0.29, 0.717) is 32.4 Å². The maximum Gasteiger partial charge on any atom is 0.478 e. The molecule has 4 atom stereocenters. The van der Waals surface area contributed by atoms with Crippen molar-refractivity contribution >= 4 is 25.0 Å². The van der Waals surface area contributed by atoms with Gasteiger partial charge >= 0.3 is 13.2 Å². The number of carbonyl (C=O) groups excluding carboxylic acids is 3. The maximum atomic E-state index is 13.5. The predicted octanol–water partition coefficient (Wildman–Crippen LogP) is 1.79. The van der Waals surface area contributed by atoms with Gasteiger partial charge in [0.15, 0.2) is 0 Å². The van der Waals surface area contributed by atoms with Crippen LogP contribution in [0.1, 0.15) is 65.7 Å². The Kier molecular flexibility index (Phi) is 8.45. The molecular formula is C23H38BN3O6. The molecule has 3 fully saturated rings. The van der Waals surface area contributed by atoms with Crippen LogP contribution >= 0.6 is 0 Å². The molecule has 2 aliphatic heterocycles. The molecule has 33 heavy (non-hydrogen) atoms. The summed E-state index contributed by atoms with van der Waals surface area (Å²) in [6.45, 7) is 10.1. The van der Waals surface area contributed by atoms with Gasteiger partial charge in [-0.1, -0.05) is 26.8 Å². The minimum Gasteiger partial charge on any atom is -0.446 e. The SMILES string of the molecule is C=CCC1COB(O)[C@H]1NC(=O)[C@@H]1CCCN1C(=O)[C@@H](NC(=O)OC1CCCC1)C(C)(C)C. The molecule has 0 radical (unpaired) electrons. The molecule has 1 unspecified atom stereocenters. The molecule has 10 heteroatoms. The van der Waals surface area contributed by atoms with Gasteiger partial charge in [0.2, 0.25) is 11.8 Å². The van der Waals surface area contributed by atoms with Crippen LogP contribution in [-0.4, -0.2) is 72.2 Å². The number of allylic oxidation sites excluding steroid dienone is 1. The number of amides is 3. The van der Waals surface area contributed by atoms with Crippen molar-refractivity contribution in [2.24, 2.45) is 11.3 Å². The van der Waals surface area contributed by atoms with Crippen LogP contribution in [0.15, 0.2) is 12.7 Å². The number of likely N-dealkylation sites (tertiary alicyclic amines) is 1. The van der Waals surface area contributed by atoms with Crippen molar-refractivity contribution in [1.82, 2.24) is 15.5 Å². The molecule has 3 rings (SSSR count). The average Bonchev–Trinajstić information content (AvgIpc) is 3.49. The third-order valence-electron chi connectivity index (χ3n) is 6.86. The van der Waals surface area contributed by atoms with Gasteiger partial charge in [0, 0.05) is 19.1 Å². The molecule has 9 nitrogen and oxygen atoms in total. The highest BCUT2D eigenvalue weighted by Crippen LogP contribution is 2.28. The second kappa shape index (κ2) is 10.9. The average molecular weight is 463 g/mol. The Hall–Kier alpha value is -2.07. The number of carbonyl (C=O) groups is 3. The van der Waals surface area contributed by atoms with E-state index in [1.807, 2.05) is 20.8 Å². The second-order valence-corrected chi connectivity index (χ2v) is 10.5. The molecule has 0 aromatic rings. The van der Waals surface area contributed by atoms with Crippen LogP contribution in [-0.2, 0) is 19.0 Å². The smallest absolute Gasteiger partial charge is 0.446 e. The second-order valence-electron chi connectivity index (χ2n) is 10.5. The van der Waals surface area contributed by atoms with E-state index in [9.17, 15) is 19.4 Å². The molecule has 184 valence electrons. The minimum atomic E-state index is -1.08. The normalized spacial score (nSPS) is 26.8. The quantitative estimate of drug-likeness (QED) is 0.392. The number of rotatable bonds is 7. The fourth-order valence-electron chi connectivity index (χ4n) is 4.97. The van der Waals surface area contributed by atoms with E-state index in [0.717, 1.165) is 25.7 Å². The topological polar surface area (TPSA) is 117 Å². The lowest BCUT2D eigenvalue weighted by Crippen LogP contribution is -2.59. The van der Waals surface area contributed by atoms with Gasteiger partial charge in [0.05, 0.1) is 5.94 Å². The fourth-order valence-corrected chi connectivity index (χ4v) is 4.97. The van der Waals surface area contributed by atoms with E-state index in [-0.39, 0.29) is 23.8 Å². The highest BCUT2D eigenvalue weighted by Gasteiger charge is 2.46. The monoisotopic (exact) mass is 463 g/mol. The Morgan fingerprint density at radius 1 is 1.24 bits per heavy atom. The lowest BCUT2D eigenvalue weighted by atomic mass is 9.74. The van der Waals surface area contributed by atoms with E-state index in [1.165, 1.54) is 0 Å². The summed E-state index contributed by atoms with van der Waals surface area (Å²) < 4.78 is 10.8. The Balaban J connectivity index is 1.66. The van der Waals surface area contributed by atoms with Crippen molar-refractivity contribution in [3.8, 4) is 0 Å². The van der Waals surface area contributed by atoms with Crippen LogP contribution in [0.5, 0.6) is 0 Å². The van der Waals surface area contributed by atoms with Gasteiger partial charge in [-0.25, -0.2) is 4.79 Å². The summed E-state index contributed by atoms with van der Waals surface area (Å²) in [7, 11) is -1.08. The zero-order valence-electron chi connectivity index (χ0n) is 20.0. The summed E-state index contributed by atoms with van der Waals surface area (Å²) in [5.41, 5.74) is -0.570. The third kappa shape index (κ3) is 6.29. The van der Waals surface area contributed by atoms with Crippen molar-refractivity contribution in [3.63, 3.8) is 0 Å². The van der Waals surface area contributed by atoms with Crippen molar-refractivity contribution in [1.29, 1.82) is 0 Å². The van der Waals surface area contributed by atoms with Gasteiger partial charge in [-0.2, -0.15) is 0 Å². The molecule has 0 spiro atoms. The standard InChI is InChI=1S/C23H38BN3O6/c1-5-9-15-14-32-24(31)19(15)26-20(28)17-12-8-13-27(17)21(29)18(23(2,3)4)25-22(30)33-16-10-6-7-11-16/h5,15-19,31H,1,6-14H2,2-4H3,(H,25,30)(H,26,28)/t15?,17-,18+,19-/m0/s1. The Morgan fingerprint density at radius 2 is 1.94 bits per heavy atom. The van der Waals surface area contributed by atoms with Gasteiger partial charge in [0.25, 0.3) is 0 Å². The van der Waals surface area contributed by atoms with Crippen LogP contribution in [0.2, 0.25) is 0 Å². The number of ether oxygens (including phenoxy) is 1. The summed E-state index contributed by atoms with van der Waals surface area (Å²) in [4.78, 5) is 40.7. The third-order valence-corrected chi connectivity index (χ3v) is 6.86. The van der Waals surface area contributed by atoms with Crippen molar-refractivity contribution in [2.45, 2.75) is 89.8 Å². The summed E-state index contributed by atoms with van der Waals surface area (Å²) in [5.74, 6) is -1.23. The van der Waals surface area contributed by atoms with Gasteiger partial charge < -0.3 is 29.9 Å². The van der Waals surface area contributed by atoms with Crippen LogP contribution in [0.3, 0.4) is 0 Å². The number of nitrogens with one attached hydrogen (secondary N) is 2. The highest BCUT2D eigenvalue weighted by atomic mass is 16.6. The molecule has 0 aromatic carbocycles. The van der Waals surface area contributed by atoms with Crippen molar-refractivity contribution in [2.75, 3.05) is 13.2 Å². The Bertz CT molecular complexity index is 736. The van der Waals surface area contributed by atoms with Crippen molar-refractivity contribution in [3.05, 3.63) is 12.7 Å². The van der Waals surface area contributed by atoms with Gasteiger partial charge in [-0.3, -0.25) is 9.59 Å². The maximum absolute atomic E-state index is 13.5. The molecule has 0 aromatic heterocycles. The summed E-state index contributed by atoms with van der Waals surface area (Å²) in [6, 6.07) is -1.49. The largest absolute Gasteiger partial charge is 0.478 e. The first-order chi connectivity index (χ1) is 15.6. The summed E-state index contributed by atoms with van der Waals surface area (Å²) >= 11 is 0. The van der Waals surface area contributed by atoms with E-state index >= 15 is 0 Å². The van der Waals surface area contributed by atoms with Gasteiger partial charge in [-0.05, 0) is 50.4 Å². The van der Waals surface area contributed by atoms with E-state index < -0.39 is 36.7 Å². The first kappa shape index (κ1) is 25.6. The minimum absolute atomic E-state index is 0.0682. The van der Waals surface area contributed by atoms with Gasteiger partial charge in [0.1, 0.15) is 18.2 Å². The number of nitrogens with zero attached hydrogens (tertiary/aromatic N) is 1. The molecule has 1 aliphatic carbocycles. The Morgan fingerprint density at radius 3 is 2.58 bits per heavy atom. The molecule has 3 N–H and O–H groups in total. The van der Waals surface area contributed by atoms with Crippen molar-refractivity contribution < 1.29 is 28.8 Å². The number of hydrogen-bond acceptors (Lipinski definition) is 6. The van der Waals surface area contributed by atoms with Crippen LogP contribution in [0.4, 0.5) is 4.79 Å². The molecular weight excluding hydrogens is 425 g/mol. The Labute approximate surface area is 196 Å². The molecule has 2 heterocycles. The molecule has 1 saturated carbocycles. The summed E-state index contributed by atoms with van der Waals surface area (Å²) in [6.07, 6.45) is 6.64. The van der Waals surface area contributed by atoms with Gasteiger partial charge in [-0.15, -0.1) is 6.58 Å². The first-order valence-corrected chi connectivity index (χ1v) is 12.1. The number of hydrogen-bond donors (Lipinski definition) is 3. The van der Waals surface area contributed by atoms with E-state index in [1.54, 1.807) is 11.0 Å². The van der Waals surface area contributed by atoms with Crippen LogP contribution in [0, 0.1) is 11.3 Å². The van der Waals surface area contributed by atoms with E-state index in [4.69, 9.17) is 9.39 Å². The lowest BCUT2D eigenvalue weighted by molar-refractivity contribution is -0.142. The molecule has 2 saturated heterocycles. The number of alkyl carbamates (subject to hydrolysis) is 1. The zero-order chi connectivity index (χ0) is 24.2. The molecule has 0 bridgehead atoms. The molecule has 3 aliphatic rings.